The molecule has 0 aromatic carbocycles. The van der Waals surface area contributed by atoms with Crippen molar-refractivity contribution in [2.24, 2.45) is 0 Å². The van der Waals surface area contributed by atoms with Crippen molar-refractivity contribution in [3.05, 3.63) is 33.6 Å². The molecule has 80 valence electrons. The molecule has 15 heavy (non-hydrogen) atoms. The second kappa shape index (κ2) is 4.55. The number of nitrogens with one attached hydrogen (secondary N) is 1. The predicted octanol–water partition coefficient (Wildman–Crippen LogP) is 2.04. The van der Waals surface area contributed by atoms with Gasteiger partial charge in [0, 0.05) is 16.3 Å². The molecule has 0 spiro atoms. The smallest absolute Gasteiger partial charge is 0.240 e. The van der Waals surface area contributed by atoms with Gasteiger partial charge >= 0.3 is 0 Å². The van der Waals surface area contributed by atoms with E-state index in [-0.39, 0.29) is 0 Å². The van der Waals surface area contributed by atoms with Crippen LogP contribution in [-0.2, 0) is 13.1 Å². The summed E-state index contributed by atoms with van der Waals surface area (Å²) in [7, 11) is 0. The number of nitrogens with zero attached hydrogens (tertiary/aromatic N) is 2. The van der Waals surface area contributed by atoms with Crippen LogP contribution in [-0.4, -0.2) is 10.1 Å². The van der Waals surface area contributed by atoms with Crippen LogP contribution in [0.5, 0.6) is 0 Å². The molecule has 2 heterocycles. The lowest BCUT2D eigenvalue weighted by Gasteiger charge is -1.97. The zero-order chi connectivity index (χ0) is 10.7. The molecule has 0 bridgehead atoms. The first kappa shape index (κ1) is 10.3. The van der Waals surface area contributed by atoms with E-state index >= 15 is 0 Å². The van der Waals surface area contributed by atoms with E-state index in [1.807, 2.05) is 6.92 Å². The summed E-state index contributed by atoms with van der Waals surface area (Å²) in [6.07, 6.45) is 0. The molecule has 0 atom stereocenters. The summed E-state index contributed by atoms with van der Waals surface area (Å²) in [5.74, 6) is 1.32. The highest BCUT2D eigenvalue weighted by molar-refractivity contribution is 7.11. The largest absolute Gasteiger partial charge is 0.338 e. The highest BCUT2D eigenvalue weighted by Gasteiger charge is 2.02. The molecule has 2 rings (SSSR count). The summed E-state index contributed by atoms with van der Waals surface area (Å²) in [5, 5.41) is 6.98. The lowest BCUT2D eigenvalue weighted by atomic mass is 10.4. The van der Waals surface area contributed by atoms with E-state index in [1.54, 1.807) is 11.3 Å². The monoisotopic (exact) mass is 223 g/mol. The van der Waals surface area contributed by atoms with Gasteiger partial charge < -0.3 is 9.84 Å². The van der Waals surface area contributed by atoms with Crippen LogP contribution in [0.2, 0.25) is 0 Å². The van der Waals surface area contributed by atoms with E-state index in [9.17, 15) is 0 Å². The first-order chi connectivity index (χ1) is 7.24. The minimum atomic E-state index is 0.623. The van der Waals surface area contributed by atoms with Crippen LogP contribution in [0, 0.1) is 13.8 Å². The van der Waals surface area contributed by atoms with Gasteiger partial charge in [0.25, 0.3) is 0 Å². The fourth-order valence-electron chi connectivity index (χ4n) is 1.28. The predicted molar refractivity (Wildman–Crippen MR) is 58.6 cm³/mol. The molecule has 0 aliphatic rings. The van der Waals surface area contributed by atoms with Gasteiger partial charge in [-0.3, -0.25) is 0 Å². The Bertz CT molecular complexity index is 395. The van der Waals surface area contributed by atoms with Crippen molar-refractivity contribution in [2.45, 2.75) is 26.9 Å². The van der Waals surface area contributed by atoms with Crippen molar-refractivity contribution >= 4 is 11.3 Å². The van der Waals surface area contributed by atoms with Gasteiger partial charge in [0.1, 0.15) is 0 Å². The number of hydrogen-bond acceptors (Lipinski definition) is 5. The molecule has 2 aromatic rings. The number of thiophene rings is 1. The highest BCUT2D eigenvalue weighted by atomic mass is 32.1. The van der Waals surface area contributed by atoms with E-state index in [0.717, 1.165) is 6.54 Å². The standard InChI is InChI=1S/C10H13N3OS/c1-7-3-4-9(15-7)5-11-6-10-12-8(2)13-14-10/h3-4,11H,5-6H2,1-2H3. The van der Waals surface area contributed by atoms with Crippen LogP contribution in [0.3, 0.4) is 0 Å². The van der Waals surface area contributed by atoms with E-state index in [4.69, 9.17) is 4.52 Å². The lowest BCUT2D eigenvalue weighted by Crippen LogP contribution is -2.11. The fraction of sp³-hybridized carbons (Fsp3) is 0.400. The highest BCUT2D eigenvalue weighted by Crippen LogP contribution is 2.14. The van der Waals surface area contributed by atoms with E-state index in [0.29, 0.717) is 18.3 Å². The minimum Gasteiger partial charge on any atom is -0.338 e. The Balaban J connectivity index is 1.80. The molecule has 1 N–H and O–H groups in total. The van der Waals surface area contributed by atoms with E-state index in [2.05, 4.69) is 34.5 Å². The number of hydrogen-bond donors (Lipinski definition) is 1. The quantitative estimate of drug-likeness (QED) is 0.861. The Morgan fingerprint density at radius 3 is 2.80 bits per heavy atom. The van der Waals surface area contributed by atoms with Gasteiger partial charge in [-0.1, -0.05) is 5.16 Å². The van der Waals surface area contributed by atoms with Crippen molar-refractivity contribution in [2.75, 3.05) is 0 Å². The third-order valence-corrected chi connectivity index (χ3v) is 2.94. The van der Waals surface area contributed by atoms with Crippen LogP contribution in [0.15, 0.2) is 16.7 Å². The van der Waals surface area contributed by atoms with Crippen molar-refractivity contribution in [1.29, 1.82) is 0 Å². The summed E-state index contributed by atoms with van der Waals surface area (Å²) in [6.45, 7) is 5.39. The molecule has 0 saturated carbocycles. The number of aryl methyl sites for hydroxylation is 2. The van der Waals surface area contributed by atoms with Crippen LogP contribution < -0.4 is 5.32 Å². The van der Waals surface area contributed by atoms with Crippen molar-refractivity contribution < 1.29 is 4.52 Å². The number of rotatable bonds is 4. The zero-order valence-corrected chi connectivity index (χ0v) is 9.60. The maximum absolute atomic E-state index is 4.99. The van der Waals surface area contributed by atoms with Gasteiger partial charge in [-0.05, 0) is 26.0 Å². The van der Waals surface area contributed by atoms with Crippen molar-refractivity contribution in [3.63, 3.8) is 0 Å². The molecule has 0 fully saturated rings. The molecule has 0 aliphatic carbocycles. The molecule has 5 heteroatoms. The maximum Gasteiger partial charge on any atom is 0.240 e. The Hall–Kier alpha value is -1.20. The molecular weight excluding hydrogens is 210 g/mol. The van der Waals surface area contributed by atoms with Crippen LogP contribution in [0.1, 0.15) is 21.5 Å². The summed E-state index contributed by atoms with van der Waals surface area (Å²) in [5.41, 5.74) is 0. The van der Waals surface area contributed by atoms with Crippen LogP contribution in [0.4, 0.5) is 0 Å². The lowest BCUT2D eigenvalue weighted by molar-refractivity contribution is 0.364. The Morgan fingerprint density at radius 1 is 1.33 bits per heavy atom. The second-order valence-corrected chi connectivity index (χ2v) is 4.72. The first-order valence-corrected chi connectivity index (χ1v) is 5.61. The summed E-state index contributed by atoms with van der Waals surface area (Å²) in [4.78, 5) is 6.77. The summed E-state index contributed by atoms with van der Waals surface area (Å²) < 4.78 is 4.99. The molecular formula is C10H13N3OS. The van der Waals surface area contributed by atoms with Gasteiger partial charge in [0.15, 0.2) is 5.82 Å². The molecule has 0 aliphatic heterocycles. The molecule has 0 radical (unpaired) electrons. The molecule has 2 aromatic heterocycles. The Kier molecular flexibility index (Phi) is 3.13. The Morgan fingerprint density at radius 2 is 2.20 bits per heavy atom. The molecule has 0 amide bonds. The molecule has 4 nitrogen and oxygen atoms in total. The summed E-state index contributed by atoms with van der Waals surface area (Å²) >= 11 is 1.80. The van der Waals surface area contributed by atoms with Gasteiger partial charge in [-0.25, -0.2) is 0 Å². The fourth-order valence-corrected chi connectivity index (χ4v) is 2.14. The molecule has 0 saturated heterocycles. The third kappa shape index (κ3) is 2.87. The van der Waals surface area contributed by atoms with E-state index in [1.165, 1.54) is 9.75 Å². The number of aromatic nitrogens is 2. The van der Waals surface area contributed by atoms with Crippen molar-refractivity contribution in [3.8, 4) is 0 Å². The first-order valence-electron chi connectivity index (χ1n) is 4.79. The second-order valence-electron chi connectivity index (χ2n) is 3.35. The average molecular weight is 223 g/mol. The van der Waals surface area contributed by atoms with E-state index < -0.39 is 0 Å². The maximum atomic E-state index is 4.99. The van der Waals surface area contributed by atoms with Gasteiger partial charge in [0.2, 0.25) is 5.89 Å². The van der Waals surface area contributed by atoms with Gasteiger partial charge in [-0.2, -0.15) is 4.98 Å². The SMILES string of the molecule is Cc1noc(CNCc2ccc(C)s2)n1. The normalized spacial score (nSPS) is 10.8. The van der Waals surface area contributed by atoms with Gasteiger partial charge in [-0.15, -0.1) is 11.3 Å². The Labute approximate surface area is 92.3 Å². The van der Waals surface area contributed by atoms with Crippen molar-refractivity contribution in [1.82, 2.24) is 15.5 Å². The minimum absolute atomic E-state index is 0.623. The summed E-state index contributed by atoms with van der Waals surface area (Å²) in [6, 6.07) is 4.25. The van der Waals surface area contributed by atoms with Crippen LogP contribution >= 0.6 is 11.3 Å². The topological polar surface area (TPSA) is 51.0 Å². The third-order valence-electron chi connectivity index (χ3n) is 1.94. The van der Waals surface area contributed by atoms with Crippen LogP contribution in [0.25, 0.3) is 0 Å². The molecule has 0 unspecified atom stereocenters. The average Bonchev–Trinajstić information content (AvgIpc) is 2.76. The zero-order valence-electron chi connectivity index (χ0n) is 8.78. The van der Waals surface area contributed by atoms with Gasteiger partial charge in [0.05, 0.1) is 6.54 Å².